The van der Waals surface area contributed by atoms with Crippen LogP contribution in [0, 0.1) is 5.82 Å². The maximum atomic E-state index is 13.2. The average Bonchev–Trinajstić information content (AvgIpc) is 2.29. The summed E-state index contributed by atoms with van der Waals surface area (Å²) in [5.41, 5.74) is -0.238. The van der Waals surface area contributed by atoms with Gasteiger partial charge in [-0.25, -0.2) is 4.39 Å². The molecule has 18 heavy (non-hydrogen) atoms. The van der Waals surface area contributed by atoms with E-state index in [4.69, 9.17) is 11.6 Å². The molecule has 2 unspecified atom stereocenters. The third-order valence-electron chi connectivity index (χ3n) is 2.30. The van der Waals surface area contributed by atoms with Gasteiger partial charge >= 0.3 is 0 Å². The highest BCUT2D eigenvalue weighted by molar-refractivity contribution is 6.30. The smallest absolute Gasteiger partial charge is 0.216 e. The minimum absolute atomic E-state index is 0.0222. The molecule has 100 valence electrons. The molecule has 0 aliphatic carbocycles. The Labute approximate surface area is 108 Å². The zero-order valence-electron chi connectivity index (χ0n) is 9.52. The predicted octanol–water partition coefficient (Wildman–Crippen LogP) is 0.715. The fourth-order valence-corrected chi connectivity index (χ4v) is 1.59. The van der Waals surface area contributed by atoms with Crippen molar-refractivity contribution in [3.05, 3.63) is 28.5 Å². The summed E-state index contributed by atoms with van der Waals surface area (Å²) in [7, 11) is 0. The van der Waals surface area contributed by atoms with Crippen LogP contribution in [0.15, 0.2) is 12.1 Å². The van der Waals surface area contributed by atoms with Gasteiger partial charge in [0.25, 0.3) is 0 Å². The Balaban J connectivity index is 2.89. The van der Waals surface area contributed by atoms with Crippen molar-refractivity contribution >= 4 is 17.5 Å². The molecule has 0 spiro atoms. The molecule has 0 aliphatic heterocycles. The maximum Gasteiger partial charge on any atom is 0.216 e. The van der Waals surface area contributed by atoms with E-state index in [0.29, 0.717) is 0 Å². The number of amides is 1. The Morgan fingerprint density at radius 3 is 2.67 bits per heavy atom. The van der Waals surface area contributed by atoms with Crippen molar-refractivity contribution in [3.8, 4) is 5.75 Å². The van der Waals surface area contributed by atoms with E-state index in [1.165, 1.54) is 6.92 Å². The van der Waals surface area contributed by atoms with Gasteiger partial charge in [-0.15, -0.1) is 0 Å². The number of hydrogen-bond acceptors (Lipinski definition) is 4. The second kappa shape index (κ2) is 5.99. The molecule has 0 saturated heterocycles. The van der Waals surface area contributed by atoms with Crippen molar-refractivity contribution in [2.24, 2.45) is 0 Å². The van der Waals surface area contributed by atoms with E-state index in [1.807, 2.05) is 0 Å². The van der Waals surface area contributed by atoms with Crippen LogP contribution in [0.3, 0.4) is 0 Å². The second-order valence-electron chi connectivity index (χ2n) is 3.77. The number of nitrogens with one attached hydrogen (secondary N) is 1. The Morgan fingerprint density at radius 1 is 1.50 bits per heavy atom. The second-order valence-corrected chi connectivity index (χ2v) is 4.21. The minimum atomic E-state index is -1.56. The summed E-state index contributed by atoms with van der Waals surface area (Å²) in [5.74, 6) is -2.17. The zero-order valence-corrected chi connectivity index (χ0v) is 10.3. The molecular weight excluding hydrogens is 265 g/mol. The number of aliphatic hydroxyl groups excluding tert-OH is 2. The highest BCUT2D eigenvalue weighted by Crippen LogP contribution is 2.31. The van der Waals surface area contributed by atoms with Crippen LogP contribution in [0.4, 0.5) is 4.39 Å². The number of benzene rings is 1. The first-order chi connectivity index (χ1) is 8.32. The van der Waals surface area contributed by atoms with Gasteiger partial charge < -0.3 is 20.6 Å². The lowest BCUT2D eigenvalue weighted by Gasteiger charge is -2.19. The maximum absolute atomic E-state index is 13.2. The molecule has 1 amide bonds. The number of phenolic OH excluding ortho intramolecular Hbond substituents is 1. The highest BCUT2D eigenvalue weighted by atomic mass is 35.5. The first kappa shape index (κ1) is 14.7. The van der Waals surface area contributed by atoms with Crippen LogP contribution in [-0.4, -0.2) is 33.9 Å². The molecule has 0 heterocycles. The quantitative estimate of drug-likeness (QED) is 0.653. The lowest BCUT2D eigenvalue weighted by atomic mass is 10.0. The molecule has 5 nitrogen and oxygen atoms in total. The van der Waals surface area contributed by atoms with E-state index in [1.54, 1.807) is 0 Å². The van der Waals surface area contributed by atoms with Crippen LogP contribution in [0.25, 0.3) is 0 Å². The van der Waals surface area contributed by atoms with E-state index in [0.717, 1.165) is 12.1 Å². The van der Waals surface area contributed by atoms with Gasteiger partial charge in [0.15, 0.2) is 11.6 Å². The van der Waals surface area contributed by atoms with Gasteiger partial charge in [-0.1, -0.05) is 11.6 Å². The lowest BCUT2D eigenvalue weighted by molar-refractivity contribution is -0.119. The van der Waals surface area contributed by atoms with Crippen LogP contribution in [0.2, 0.25) is 5.02 Å². The van der Waals surface area contributed by atoms with Gasteiger partial charge in [-0.05, 0) is 12.1 Å². The normalized spacial score (nSPS) is 14.1. The topological polar surface area (TPSA) is 89.8 Å². The molecule has 7 heteroatoms. The Hall–Kier alpha value is -1.37. The number of rotatable bonds is 4. The fourth-order valence-electron chi connectivity index (χ4n) is 1.38. The number of aromatic hydroxyl groups is 1. The van der Waals surface area contributed by atoms with E-state index in [9.17, 15) is 24.5 Å². The number of phenols is 1. The van der Waals surface area contributed by atoms with Gasteiger partial charge in [0.1, 0.15) is 12.2 Å². The Kier molecular flexibility index (Phi) is 4.89. The number of aliphatic hydroxyl groups is 2. The number of carbonyl (C=O) groups is 1. The number of halogens is 2. The van der Waals surface area contributed by atoms with Gasteiger partial charge in [0.05, 0.1) is 0 Å². The van der Waals surface area contributed by atoms with Crippen molar-refractivity contribution in [3.63, 3.8) is 0 Å². The van der Waals surface area contributed by atoms with E-state index < -0.39 is 23.8 Å². The summed E-state index contributed by atoms with van der Waals surface area (Å²) in [6.45, 7) is 1.01. The molecule has 1 rings (SSSR count). The van der Waals surface area contributed by atoms with Gasteiger partial charge in [0, 0.05) is 24.1 Å². The fraction of sp³-hybridized carbons (Fsp3) is 0.364. The summed E-state index contributed by atoms with van der Waals surface area (Å²) < 4.78 is 13.2. The molecule has 0 radical (unpaired) electrons. The van der Waals surface area contributed by atoms with Crippen molar-refractivity contribution in [1.29, 1.82) is 0 Å². The van der Waals surface area contributed by atoms with Crippen LogP contribution in [-0.2, 0) is 4.79 Å². The molecule has 2 atom stereocenters. The molecule has 0 saturated carbocycles. The largest absolute Gasteiger partial charge is 0.505 e. The van der Waals surface area contributed by atoms with E-state index >= 15 is 0 Å². The van der Waals surface area contributed by atoms with E-state index in [-0.39, 0.29) is 23.0 Å². The standard InChI is InChI=1S/C11H13ClFNO4/c1-5(15)14-4-9(16)11(18)7-2-6(12)3-8(13)10(7)17/h2-3,9,11,16-18H,4H2,1H3,(H,14,15). The molecule has 1 aromatic rings. The highest BCUT2D eigenvalue weighted by Gasteiger charge is 2.23. The SMILES string of the molecule is CC(=O)NCC(O)C(O)c1cc(Cl)cc(F)c1O. The first-order valence-electron chi connectivity index (χ1n) is 5.11. The lowest BCUT2D eigenvalue weighted by Crippen LogP contribution is -2.34. The van der Waals surface area contributed by atoms with Crippen molar-refractivity contribution in [2.75, 3.05) is 6.54 Å². The minimum Gasteiger partial charge on any atom is -0.505 e. The summed E-state index contributed by atoms with van der Waals surface area (Å²) in [6, 6.07) is 2.02. The van der Waals surface area contributed by atoms with Crippen molar-refractivity contribution in [2.45, 2.75) is 19.1 Å². The molecule has 1 aromatic carbocycles. The summed E-state index contributed by atoms with van der Waals surface area (Å²) in [6.07, 6.45) is -2.96. The van der Waals surface area contributed by atoms with Crippen LogP contribution < -0.4 is 5.32 Å². The van der Waals surface area contributed by atoms with Crippen LogP contribution in [0.1, 0.15) is 18.6 Å². The van der Waals surface area contributed by atoms with Gasteiger partial charge in [-0.3, -0.25) is 4.79 Å². The summed E-state index contributed by atoms with van der Waals surface area (Å²) in [5, 5.41) is 31.0. The van der Waals surface area contributed by atoms with Crippen molar-refractivity contribution in [1.82, 2.24) is 5.32 Å². The molecule has 0 fully saturated rings. The summed E-state index contributed by atoms with van der Waals surface area (Å²) in [4.78, 5) is 10.6. The monoisotopic (exact) mass is 277 g/mol. The van der Waals surface area contributed by atoms with Crippen molar-refractivity contribution < 1.29 is 24.5 Å². The third kappa shape index (κ3) is 3.56. The average molecular weight is 278 g/mol. The number of hydrogen-bond donors (Lipinski definition) is 4. The Morgan fingerprint density at radius 2 is 2.11 bits per heavy atom. The summed E-state index contributed by atoms with van der Waals surface area (Å²) >= 11 is 5.58. The predicted molar refractivity (Wildman–Crippen MR) is 62.7 cm³/mol. The van der Waals surface area contributed by atoms with E-state index in [2.05, 4.69) is 5.32 Å². The van der Waals surface area contributed by atoms with Gasteiger partial charge in [0.2, 0.25) is 5.91 Å². The Bertz CT molecular complexity index is 455. The first-order valence-corrected chi connectivity index (χ1v) is 5.49. The molecule has 0 aliphatic rings. The molecular formula is C11H13ClFNO4. The third-order valence-corrected chi connectivity index (χ3v) is 2.52. The van der Waals surface area contributed by atoms with Crippen LogP contribution >= 0.6 is 11.6 Å². The molecule has 0 bridgehead atoms. The number of carbonyl (C=O) groups excluding carboxylic acids is 1. The molecule has 4 N–H and O–H groups in total. The van der Waals surface area contributed by atoms with Crippen LogP contribution in [0.5, 0.6) is 5.75 Å². The van der Waals surface area contributed by atoms with Gasteiger partial charge in [-0.2, -0.15) is 0 Å². The zero-order chi connectivity index (χ0) is 13.9. The molecule has 0 aromatic heterocycles.